The molecule has 0 aromatic heterocycles. The average molecular weight is 361 g/mol. The minimum atomic E-state index is -0.581. The fraction of sp³-hybridized carbons (Fsp3) is 0.400. The predicted molar refractivity (Wildman–Crippen MR) is 101 cm³/mol. The summed E-state index contributed by atoms with van der Waals surface area (Å²) in [5.41, 5.74) is 1.14. The van der Waals surface area contributed by atoms with Crippen LogP contribution in [0.15, 0.2) is 42.5 Å². The normalized spacial score (nSPS) is 11.7. The molecule has 2 aromatic rings. The summed E-state index contributed by atoms with van der Waals surface area (Å²) >= 11 is 0. The van der Waals surface area contributed by atoms with Crippen molar-refractivity contribution in [1.29, 1.82) is 0 Å². The van der Waals surface area contributed by atoms with Gasteiger partial charge in [-0.2, -0.15) is 0 Å². The van der Waals surface area contributed by atoms with Crippen LogP contribution in [0.5, 0.6) is 23.0 Å². The Morgan fingerprint density at radius 1 is 0.885 bits per heavy atom. The van der Waals surface area contributed by atoms with Crippen molar-refractivity contribution >= 4 is 0 Å². The number of hydrogen-bond donors (Lipinski definition) is 2. The molecule has 0 saturated heterocycles. The Bertz CT molecular complexity index is 660. The molecule has 0 heterocycles. The summed E-state index contributed by atoms with van der Waals surface area (Å²) in [5.74, 6) is 2.91. The van der Waals surface area contributed by atoms with Gasteiger partial charge in [-0.1, -0.05) is 6.07 Å². The molecule has 2 N–H and O–H groups in total. The van der Waals surface area contributed by atoms with Gasteiger partial charge in [-0.25, -0.2) is 0 Å². The minimum Gasteiger partial charge on any atom is -0.497 e. The molecule has 0 aliphatic heterocycles. The predicted octanol–water partition coefficient (Wildman–Crippen LogP) is 2.28. The molecule has 2 rings (SSSR count). The second-order valence-corrected chi connectivity index (χ2v) is 5.78. The first-order chi connectivity index (χ1) is 12.7. The Hall–Kier alpha value is -2.44. The summed E-state index contributed by atoms with van der Waals surface area (Å²) < 4.78 is 21.2. The second kappa shape index (κ2) is 10.5. The van der Waals surface area contributed by atoms with Crippen LogP contribution in [-0.2, 0) is 6.42 Å². The van der Waals surface area contributed by atoms with Crippen LogP contribution in [0.1, 0.15) is 5.56 Å². The third kappa shape index (κ3) is 6.13. The monoisotopic (exact) mass is 361 g/mol. The quantitative estimate of drug-likeness (QED) is 0.599. The van der Waals surface area contributed by atoms with Crippen molar-refractivity contribution in [1.82, 2.24) is 5.32 Å². The molecule has 26 heavy (non-hydrogen) atoms. The van der Waals surface area contributed by atoms with E-state index < -0.39 is 6.10 Å². The van der Waals surface area contributed by atoms with E-state index in [4.69, 9.17) is 18.9 Å². The molecule has 0 aliphatic rings. The summed E-state index contributed by atoms with van der Waals surface area (Å²) in [7, 11) is 4.86. The molecule has 6 nitrogen and oxygen atoms in total. The highest BCUT2D eigenvalue weighted by Gasteiger charge is 2.07. The minimum absolute atomic E-state index is 0.232. The van der Waals surface area contributed by atoms with Gasteiger partial charge in [-0.15, -0.1) is 0 Å². The summed E-state index contributed by atoms with van der Waals surface area (Å²) in [4.78, 5) is 0. The van der Waals surface area contributed by atoms with Crippen molar-refractivity contribution in [2.75, 3.05) is 41.0 Å². The molecule has 6 heteroatoms. The Morgan fingerprint density at radius 2 is 1.58 bits per heavy atom. The number of aliphatic hydroxyl groups excluding tert-OH is 1. The highest BCUT2D eigenvalue weighted by atomic mass is 16.5. The van der Waals surface area contributed by atoms with Crippen LogP contribution in [0.3, 0.4) is 0 Å². The van der Waals surface area contributed by atoms with E-state index in [0.29, 0.717) is 12.3 Å². The lowest BCUT2D eigenvalue weighted by Gasteiger charge is -2.14. The van der Waals surface area contributed by atoms with Gasteiger partial charge in [0.05, 0.1) is 21.3 Å². The van der Waals surface area contributed by atoms with E-state index in [9.17, 15) is 5.11 Å². The van der Waals surface area contributed by atoms with Crippen LogP contribution in [0.4, 0.5) is 0 Å². The van der Waals surface area contributed by atoms with Crippen molar-refractivity contribution in [3.8, 4) is 23.0 Å². The zero-order valence-electron chi connectivity index (χ0n) is 15.5. The first-order valence-corrected chi connectivity index (χ1v) is 8.52. The van der Waals surface area contributed by atoms with Crippen LogP contribution in [0.25, 0.3) is 0 Å². The Kier molecular flexibility index (Phi) is 8.05. The summed E-state index contributed by atoms with van der Waals surface area (Å²) in [6, 6.07) is 13.1. The van der Waals surface area contributed by atoms with E-state index in [-0.39, 0.29) is 6.61 Å². The number of methoxy groups -OCH3 is 3. The Labute approximate surface area is 154 Å². The molecular weight excluding hydrogens is 334 g/mol. The maximum Gasteiger partial charge on any atom is 0.160 e. The SMILES string of the molecule is COc1ccc(OC[C@H](O)CNCCc2ccc(OC)c(OC)c2)cc1. The molecule has 0 saturated carbocycles. The van der Waals surface area contributed by atoms with Gasteiger partial charge < -0.3 is 29.4 Å². The van der Waals surface area contributed by atoms with Crippen molar-refractivity contribution in [3.05, 3.63) is 48.0 Å². The first kappa shape index (κ1) is 19.9. The van der Waals surface area contributed by atoms with E-state index >= 15 is 0 Å². The fourth-order valence-corrected chi connectivity index (χ4v) is 2.46. The lowest BCUT2D eigenvalue weighted by atomic mass is 10.1. The Balaban J connectivity index is 1.67. The van der Waals surface area contributed by atoms with E-state index in [2.05, 4.69) is 5.32 Å². The van der Waals surface area contributed by atoms with Gasteiger partial charge in [-0.05, 0) is 54.9 Å². The van der Waals surface area contributed by atoms with Gasteiger partial charge in [0.15, 0.2) is 11.5 Å². The van der Waals surface area contributed by atoms with Crippen molar-refractivity contribution in [3.63, 3.8) is 0 Å². The molecule has 142 valence electrons. The number of aliphatic hydroxyl groups is 1. The van der Waals surface area contributed by atoms with Crippen LogP contribution >= 0.6 is 0 Å². The molecule has 1 atom stereocenters. The van der Waals surface area contributed by atoms with Crippen molar-refractivity contribution in [2.45, 2.75) is 12.5 Å². The smallest absolute Gasteiger partial charge is 0.160 e. The topological polar surface area (TPSA) is 69.2 Å². The maximum absolute atomic E-state index is 10.0. The summed E-state index contributed by atoms with van der Waals surface area (Å²) in [6.07, 6.45) is 0.245. The van der Waals surface area contributed by atoms with Gasteiger partial charge in [0.2, 0.25) is 0 Å². The number of rotatable bonds is 11. The first-order valence-electron chi connectivity index (χ1n) is 8.52. The third-order valence-corrected chi connectivity index (χ3v) is 3.92. The van der Waals surface area contributed by atoms with Crippen molar-refractivity contribution in [2.24, 2.45) is 0 Å². The molecule has 0 radical (unpaired) electrons. The Morgan fingerprint density at radius 3 is 2.23 bits per heavy atom. The summed E-state index contributed by atoms with van der Waals surface area (Å²) in [6.45, 7) is 1.44. The zero-order chi connectivity index (χ0) is 18.8. The van der Waals surface area contributed by atoms with E-state index in [1.165, 1.54) is 0 Å². The van der Waals surface area contributed by atoms with E-state index in [1.54, 1.807) is 21.3 Å². The molecule has 0 aliphatic carbocycles. The highest BCUT2D eigenvalue weighted by Crippen LogP contribution is 2.27. The number of benzene rings is 2. The van der Waals surface area contributed by atoms with Crippen molar-refractivity contribution < 1.29 is 24.1 Å². The molecule has 2 aromatic carbocycles. The molecule has 0 spiro atoms. The zero-order valence-corrected chi connectivity index (χ0v) is 15.5. The molecule has 0 amide bonds. The van der Waals surface area contributed by atoms with Crippen LogP contribution in [0, 0.1) is 0 Å². The number of hydrogen-bond acceptors (Lipinski definition) is 6. The summed E-state index contributed by atoms with van der Waals surface area (Å²) in [5, 5.41) is 13.2. The molecule has 0 unspecified atom stereocenters. The van der Waals surface area contributed by atoms with Gasteiger partial charge in [-0.3, -0.25) is 0 Å². The number of nitrogens with one attached hydrogen (secondary N) is 1. The lowest BCUT2D eigenvalue weighted by molar-refractivity contribution is 0.106. The molecule has 0 bridgehead atoms. The van der Waals surface area contributed by atoms with E-state index in [0.717, 1.165) is 35.8 Å². The van der Waals surface area contributed by atoms with Crippen LogP contribution in [0.2, 0.25) is 0 Å². The molecule has 0 fully saturated rings. The largest absolute Gasteiger partial charge is 0.497 e. The van der Waals surface area contributed by atoms with Crippen LogP contribution in [-0.4, -0.2) is 52.2 Å². The van der Waals surface area contributed by atoms with E-state index in [1.807, 2.05) is 42.5 Å². The standard InChI is InChI=1S/C20H27NO5/c1-23-17-5-7-18(8-6-17)26-14-16(22)13-21-11-10-15-4-9-19(24-2)20(12-15)25-3/h4-9,12,16,21-22H,10-11,13-14H2,1-3H3/t16-/m1/s1. The fourth-order valence-electron chi connectivity index (χ4n) is 2.46. The van der Waals surface area contributed by atoms with Crippen LogP contribution < -0.4 is 24.3 Å². The highest BCUT2D eigenvalue weighted by molar-refractivity contribution is 5.42. The van der Waals surface area contributed by atoms with Gasteiger partial charge in [0.1, 0.15) is 24.2 Å². The second-order valence-electron chi connectivity index (χ2n) is 5.78. The number of ether oxygens (including phenoxy) is 4. The van der Waals surface area contributed by atoms with Gasteiger partial charge >= 0.3 is 0 Å². The lowest BCUT2D eigenvalue weighted by Crippen LogP contribution is -2.32. The molecular formula is C20H27NO5. The van der Waals surface area contributed by atoms with Gasteiger partial charge in [0.25, 0.3) is 0 Å². The van der Waals surface area contributed by atoms with Gasteiger partial charge in [0, 0.05) is 6.54 Å². The maximum atomic E-state index is 10.0. The average Bonchev–Trinajstić information content (AvgIpc) is 2.69. The third-order valence-electron chi connectivity index (χ3n) is 3.92.